The van der Waals surface area contributed by atoms with Crippen molar-refractivity contribution in [3.63, 3.8) is 0 Å². The molecule has 0 unspecified atom stereocenters. The van der Waals surface area contributed by atoms with Gasteiger partial charge in [-0.05, 0) is 112 Å². The summed E-state index contributed by atoms with van der Waals surface area (Å²) in [5.74, 6) is 0. The van der Waals surface area contributed by atoms with Crippen molar-refractivity contribution >= 4 is 23.1 Å². The molecule has 2 saturated heterocycles. The summed E-state index contributed by atoms with van der Waals surface area (Å²) in [5, 5.41) is 0. The Bertz CT molecular complexity index is 475. The third-order valence-corrected chi connectivity index (χ3v) is 15.5. The quantitative estimate of drug-likeness (QED) is 0.116. The standard InChI is InChI=1S/C18H36P2.C8H12.BF4.Rh/c1-5-15-9-10-16(6-2)19(15)13-14-20-17(7-3)11-12-18(20)8-4;1-2-4-6-8-7-5-3-1;2-1(3,4)5;/h15-18H,5-14H2,1-4H3;1-2,7-8H,3-6H2;;/q;;-1;/b;2-1-,8-7-;;/t15-,16-,17-,18-;;;/m0.../s1. The van der Waals surface area contributed by atoms with Gasteiger partial charge in [-0.15, -0.1) is 15.8 Å². The Balaban J connectivity index is 0.000000642. The van der Waals surface area contributed by atoms with Gasteiger partial charge in [-0.25, -0.2) is 0 Å². The van der Waals surface area contributed by atoms with Crippen LogP contribution >= 0.6 is 15.8 Å². The Morgan fingerprint density at radius 2 is 0.765 bits per heavy atom. The first-order valence-electron chi connectivity index (χ1n) is 13.4. The normalized spacial score (nSPS) is 29.5. The van der Waals surface area contributed by atoms with Gasteiger partial charge in [-0.1, -0.05) is 52.0 Å². The van der Waals surface area contributed by atoms with Crippen molar-refractivity contribution in [1.82, 2.24) is 0 Å². The molecule has 8 heteroatoms. The van der Waals surface area contributed by atoms with Crippen LogP contribution in [0, 0.1) is 0 Å². The van der Waals surface area contributed by atoms with Gasteiger partial charge in [-0.3, -0.25) is 0 Å². The molecule has 2 heterocycles. The second kappa shape index (κ2) is 19.8. The number of halogens is 4. The van der Waals surface area contributed by atoms with Crippen LogP contribution in [0.25, 0.3) is 0 Å². The summed E-state index contributed by atoms with van der Waals surface area (Å²) in [6.07, 6.45) is 29.4. The van der Waals surface area contributed by atoms with Crippen LogP contribution in [0.3, 0.4) is 0 Å². The molecule has 1 aliphatic carbocycles. The number of hydrogen-bond donors (Lipinski definition) is 0. The summed E-state index contributed by atoms with van der Waals surface area (Å²) in [6.45, 7) is 9.79. The molecular weight excluding hydrogens is 564 g/mol. The van der Waals surface area contributed by atoms with Crippen LogP contribution in [0.4, 0.5) is 17.3 Å². The zero-order chi connectivity index (χ0) is 24.7. The van der Waals surface area contributed by atoms with E-state index in [1.54, 1.807) is 38.0 Å². The minimum Gasteiger partial charge on any atom is -0.418 e. The van der Waals surface area contributed by atoms with Crippen LogP contribution in [0.5, 0.6) is 0 Å². The molecule has 0 aromatic rings. The molecule has 0 bridgehead atoms. The molecule has 1 radical (unpaired) electrons. The van der Waals surface area contributed by atoms with E-state index in [9.17, 15) is 17.3 Å². The van der Waals surface area contributed by atoms with Gasteiger partial charge in [0.05, 0.1) is 0 Å². The van der Waals surface area contributed by atoms with E-state index < -0.39 is 7.25 Å². The Hall–Kier alpha value is 0.748. The monoisotopic (exact) mass is 612 g/mol. The first kappa shape index (κ1) is 34.7. The molecule has 3 aliphatic rings. The number of hydrogen-bond acceptors (Lipinski definition) is 0. The fraction of sp³-hybridized carbons (Fsp3) is 0.846. The number of rotatable bonds is 7. The molecule has 0 amide bonds. The molecule has 4 atom stereocenters. The van der Waals surface area contributed by atoms with E-state index in [1.165, 1.54) is 51.4 Å². The Morgan fingerprint density at radius 3 is 0.941 bits per heavy atom. The van der Waals surface area contributed by atoms with Crippen molar-refractivity contribution in [2.24, 2.45) is 0 Å². The maximum atomic E-state index is 9.75. The van der Waals surface area contributed by atoms with Gasteiger partial charge in [0.25, 0.3) is 0 Å². The van der Waals surface area contributed by atoms with Crippen LogP contribution < -0.4 is 0 Å². The molecule has 2 aliphatic heterocycles. The topological polar surface area (TPSA) is 0 Å². The average Bonchev–Trinajstić information content (AvgIpc) is 3.33. The van der Waals surface area contributed by atoms with Crippen molar-refractivity contribution in [2.45, 2.75) is 127 Å². The Morgan fingerprint density at radius 1 is 0.559 bits per heavy atom. The van der Waals surface area contributed by atoms with Crippen molar-refractivity contribution in [1.29, 1.82) is 0 Å². The predicted octanol–water partition coefficient (Wildman–Crippen LogP) is 10.6. The zero-order valence-electron chi connectivity index (χ0n) is 21.8. The third-order valence-electron chi connectivity index (χ3n) is 7.38. The van der Waals surface area contributed by atoms with Crippen molar-refractivity contribution in [2.75, 3.05) is 12.3 Å². The summed E-state index contributed by atoms with van der Waals surface area (Å²) < 4.78 is 39.0. The van der Waals surface area contributed by atoms with Crippen molar-refractivity contribution in [3.8, 4) is 0 Å². The third kappa shape index (κ3) is 14.5. The van der Waals surface area contributed by atoms with E-state index >= 15 is 0 Å². The predicted molar refractivity (Wildman–Crippen MR) is 145 cm³/mol. The van der Waals surface area contributed by atoms with Crippen LogP contribution in [-0.2, 0) is 19.5 Å². The molecular formula is C26H48BF4P2Rh-. The van der Waals surface area contributed by atoms with E-state index in [-0.39, 0.29) is 19.5 Å². The molecule has 0 nitrogen and oxygen atoms in total. The minimum absolute atomic E-state index is 0. The summed E-state index contributed by atoms with van der Waals surface area (Å²) in [4.78, 5) is 0. The maximum Gasteiger partial charge on any atom is 0.673 e. The van der Waals surface area contributed by atoms with E-state index in [2.05, 4.69) is 52.0 Å². The van der Waals surface area contributed by atoms with Gasteiger partial charge in [0, 0.05) is 19.5 Å². The second-order valence-electron chi connectivity index (χ2n) is 9.47. The fourth-order valence-corrected chi connectivity index (χ4v) is 13.9. The molecule has 3 rings (SSSR count). The molecule has 2 fully saturated rings. The molecule has 203 valence electrons. The first-order chi connectivity index (χ1) is 15.7. The molecule has 0 spiro atoms. The molecule has 34 heavy (non-hydrogen) atoms. The summed E-state index contributed by atoms with van der Waals surface area (Å²) in [6, 6.07) is 0. The molecule has 0 aromatic heterocycles. The number of allylic oxidation sites excluding steroid dienone is 4. The minimum atomic E-state index is -6.00. The van der Waals surface area contributed by atoms with Crippen molar-refractivity contribution < 1.29 is 36.7 Å². The van der Waals surface area contributed by atoms with Crippen LogP contribution in [0.15, 0.2) is 24.3 Å². The van der Waals surface area contributed by atoms with Crippen LogP contribution in [0.1, 0.15) is 105 Å². The average molecular weight is 612 g/mol. The largest absolute Gasteiger partial charge is 0.673 e. The van der Waals surface area contributed by atoms with Crippen LogP contribution in [0.2, 0.25) is 0 Å². The fourth-order valence-electron chi connectivity index (χ4n) is 5.60. The Kier molecular flexibility index (Phi) is 20.2. The SMILES string of the molecule is C1=C\CC/C=C\CC/1.CC[C@H]1CC[C@H](CC)P1CCP1[C@@H](CC)CC[C@@H]1CC.F[B-](F)(F)F.[Rh]. The van der Waals surface area contributed by atoms with E-state index in [0.29, 0.717) is 15.8 Å². The van der Waals surface area contributed by atoms with E-state index in [4.69, 9.17) is 0 Å². The molecule has 0 aromatic carbocycles. The van der Waals surface area contributed by atoms with Gasteiger partial charge in [0.15, 0.2) is 0 Å². The van der Waals surface area contributed by atoms with E-state index in [1.807, 2.05) is 0 Å². The zero-order valence-corrected chi connectivity index (χ0v) is 25.3. The summed E-state index contributed by atoms with van der Waals surface area (Å²) in [7, 11) is -5.24. The van der Waals surface area contributed by atoms with Crippen molar-refractivity contribution in [3.05, 3.63) is 24.3 Å². The second-order valence-corrected chi connectivity index (χ2v) is 15.3. The van der Waals surface area contributed by atoms with Gasteiger partial charge in [0.1, 0.15) is 0 Å². The first-order valence-corrected chi connectivity index (χ1v) is 16.8. The Labute approximate surface area is 223 Å². The van der Waals surface area contributed by atoms with Gasteiger partial charge < -0.3 is 17.3 Å². The van der Waals surface area contributed by atoms with Gasteiger partial charge in [-0.2, -0.15) is 0 Å². The van der Waals surface area contributed by atoms with Crippen LogP contribution in [-0.4, -0.2) is 42.2 Å². The summed E-state index contributed by atoms with van der Waals surface area (Å²) in [5.41, 5.74) is 4.53. The van der Waals surface area contributed by atoms with Gasteiger partial charge in [0.2, 0.25) is 0 Å². The molecule has 0 N–H and O–H groups in total. The summed E-state index contributed by atoms with van der Waals surface area (Å²) >= 11 is 0. The smallest absolute Gasteiger partial charge is 0.418 e. The van der Waals surface area contributed by atoms with Gasteiger partial charge >= 0.3 is 7.25 Å². The maximum absolute atomic E-state index is 9.75. The van der Waals surface area contributed by atoms with E-state index in [0.717, 1.165) is 22.6 Å². The molecule has 0 saturated carbocycles.